The van der Waals surface area contributed by atoms with Gasteiger partial charge in [-0.1, -0.05) is 18.2 Å². The molecule has 8 nitrogen and oxygen atoms in total. The molecule has 1 fully saturated rings. The Kier molecular flexibility index (Phi) is 7.46. The third-order valence-corrected chi connectivity index (χ3v) is 4.95. The van der Waals surface area contributed by atoms with Gasteiger partial charge < -0.3 is 30.2 Å². The number of nitrogens with one attached hydrogen (secondary N) is 1. The summed E-state index contributed by atoms with van der Waals surface area (Å²) in [6.07, 6.45) is 0.729. The Balaban J connectivity index is 0.00000160. The van der Waals surface area contributed by atoms with E-state index in [4.69, 9.17) is 20.5 Å². The third-order valence-electron chi connectivity index (χ3n) is 4.95. The van der Waals surface area contributed by atoms with Gasteiger partial charge in [-0.3, -0.25) is 5.41 Å². The lowest BCUT2D eigenvalue weighted by Gasteiger charge is -2.41. The molecular formula is C19H22BCl2N3O5. The fraction of sp³-hybridized carbons (Fsp3) is 0.263. The number of fused-ring (bicyclic) bond motifs is 1. The van der Waals surface area contributed by atoms with Crippen molar-refractivity contribution in [2.45, 2.75) is 18.8 Å². The maximum Gasteiger partial charge on any atom is 0.522 e. The molecule has 160 valence electrons. The number of likely N-dealkylation sites (tertiary alicyclic amines) is 1. The molecule has 2 aromatic carbocycles. The minimum absolute atomic E-state index is 0. The van der Waals surface area contributed by atoms with Crippen LogP contribution in [0.15, 0.2) is 36.4 Å². The number of aryl methyl sites for hydroxylation is 1. The zero-order valence-electron chi connectivity index (χ0n) is 15.9. The number of nitrogen functional groups attached to an aromatic ring is 1. The molecule has 0 aromatic heterocycles. The molecule has 0 atom stereocenters. The lowest BCUT2D eigenvalue weighted by molar-refractivity contribution is 0.0597. The first-order valence-corrected chi connectivity index (χ1v) is 9.02. The van der Waals surface area contributed by atoms with E-state index in [1.807, 2.05) is 11.0 Å². The number of anilines is 1. The molecular weight excluding hydrogens is 432 g/mol. The molecule has 2 aliphatic rings. The van der Waals surface area contributed by atoms with Gasteiger partial charge in [0, 0.05) is 11.3 Å². The van der Waals surface area contributed by atoms with Crippen molar-refractivity contribution in [1.82, 2.24) is 4.90 Å². The van der Waals surface area contributed by atoms with Crippen molar-refractivity contribution in [3.8, 4) is 11.5 Å². The predicted molar refractivity (Wildman–Crippen MR) is 119 cm³/mol. The van der Waals surface area contributed by atoms with E-state index in [-0.39, 0.29) is 48.0 Å². The summed E-state index contributed by atoms with van der Waals surface area (Å²) in [4.78, 5) is 13.6. The highest BCUT2D eigenvalue weighted by atomic mass is 35.5. The Morgan fingerprint density at radius 3 is 2.67 bits per heavy atom. The maximum atomic E-state index is 11.8. The van der Waals surface area contributed by atoms with Crippen molar-refractivity contribution in [3.63, 3.8) is 0 Å². The average molecular weight is 454 g/mol. The number of aromatic carboxylic acids is 1. The smallest absolute Gasteiger partial charge is 0.522 e. The highest BCUT2D eigenvalue weighted by Gasteiger charge is 2.34. The van der Waals surface area contributed by atoms with Gasteiger partial charge in [0.1, 0.15) is 29.0 Å². The largest absolute Gasteiger partial charge is 0.535 e. The number of carboxylic acids is 1. The van der Waals surface area contributed by atoms with Gasteiger partial charge >= 0.3 is 13.1 Å². The topological polar surface area (TPSA) is 129 Å². The van der Waals surface area contributed by atoms with Crippen LogP contribution < -0.4 is 15.1 Å². The predicted octanol–water partition coefficient (Wildman–Crippen LogP) is 2.31. The molecule has 2 heterocycles. The summed E-state index contributed by atoms with van der Waals surface area (Å²) in [6, 6.07) is 10.5. The molecule has 30 heavy (non-hydrogen) atoms. The van der Waals surface area contributed by atoms with Crippen LogP contribution in [0.4, 0.5) is 5.69 Å². The first kappa shape index (κ1) is 23.7. The number of nitrogens with two attached hydrogens (primary N) is 1. The number of nitrogens with zero attached hydrogens (tertiary/aromatic N) is 1. The van der Waals surface area contributed by atoms with Gasteiger partial charge in [0.15, 0.2) is 0 Å². The first-order chi connectivity index (χ1) is 13.4. The second kappa shape index (κ2) is 9.46. The zero-order chi connectivity index (χ0) is 19.8. The molecule has 0 radical (unpaired) electrons. The van der Waals surface area contributed by atoms with E-state index in [0.29, 0.717) is 37.4 Å². The molecule has 0 spiro atoms. The zero-order valence-corrected chi connectivity index (χ0v) is 17.5. The maximum absolute atomic E-state index is 11.8. The minimum atomic E-state index is -1.16. The van der Waals surface area contributed by atoms with Crippen LogP contribution in [0.1, 0.15) is 21.5 Å². The summed E-state index contributed by atoms with van der Waals surface area (Å²) in [7, 11) is -1.01. The minimum Gasteiger partial charge on any atom is -0.535 e. The van der Waals surface area contributed by atoms with E-state index in [2.05, 4.69) is 0 Å². The molecule has 2 aliphatic heterocycles. The molecule has 11 heteroatoms. The van der Waals surface area contributed by atoms with Crippen molar-refractivity contribution in [2.75, 3.05) is 18.8 Å². The van der Waals surface area contributed by atoms with E-state index >= 15 is 0 Å². The molecule has 1 saturated heterocycles. The lowest BCUT2D eigenvalue weighted by Crippen LogP contribution is -2.56. The Morgan fingerprint density at radius 1 is 1.27 bits per heavy atom. The van der Waals surface area contributed by atoms with E-state index in [9.17, 15) is 14.9 Å². The Morgan fingerprint density at radius 2 is 2.00 bits per heavy atom. The second-order valence-electron chi connectivity index (χ2n) is 6.96. The number of hydrogen-bond donors (Lipinski definition) is 4. The Hall–Kier alpha value is -2.62. The van der Waals surface area contributed by atoms with Gasteiger partial charge in [0.2, 0.25) is 0 Å². The fourth-order valence-corrected chi connectivity index (χ4v) is 3.46. The van der Waals surface area contributed by atoms with Gasteiger partial charge in [-0.05, 0) is 36.5 Å². The van der Waals surface area contributed by atoms with Crippen molar-refractivity contribution >= 4 is 49.4 Å². The number of halogens is 2. The summed E-state index contributed by atoms with van der Waals surface area (Å²) in [6.45, 7) is 0.931. The van der Waals surface area contributed by atoms with Crippen molar-refractivity contribution < 1.29 is 24.3 Å². The molecule has 2 aromatic rings. The highest BCUT2D eigenvalue weighted by molar-refractivity contribution is 6.44. The van der Waals surface area contributed by atoms with Gasteiger partial charge in [-0.15, -0.1) is 24.8 Å². The van der Waals surface area contributed by atoms with Crippen LogP contribution in [0.5, 0.6) is 11.5 Å². The first-order valence-electron chi connectivity index (χ1n) is 9.02. The van der Waals surface area contributed by atoms with Crippen LogP contribution in [0.25, 0.3) is 0 Å². The van der Waals surface area contributed by atoms with Crippen LogP contribution in [-0.4, -0.2) is 53.1 Å². The number of rotatable bonds is 4. The van der Waals surface area contributed by atoms with Crippen LogP contribution in [0, 0.1) is 5.41 Å². The van der Waals surface area contributed by atoms with E-state index in [0.717, 1.165) is 11.1 Å². The summed E-state index contributed by atoms with van der Waals surface area (Å²) in [5.74, 6) is -0.431. The van der Waals surface area contributed by atoms with Crippen molar-refractivity contribution in [2.24, 2.45) is 0 Å². The van der Waals surface area contributed by atoms with Gasteiger partial charge in [0.25, 0.3) is 0 Å². The number of benzene rings is 2. The van der Waals surface area contributed by atoms with Crippen LogP contribution in [0.2, 0.25) is 6.32 Å². The van der Waals surface area contributed by atoms with Crippen LogP contribution >= 0.6 is 24.8 Å². The Bertz CT molecular complexity index is 956. The third kappa shape index (κ3) is 4.58. The highest BCUT2D eigenvalue weighted by Crippen LogP contribution is 2.37. The molecule has 5 N–H and O–H groups in total. The summed E-state index contributed by atoms with van der Waals surface area (Å²) < 4.78 is 11.2. The number of carbonyl (C=O) groups is 1. The second-order valence-corrected chi connectivity index (χ2v) is 6.96. The number of carboxylic acid groups (broad SMARTS) is 1. The van der Waals surface area contributed by atoms with Gasteiger partial charge in [0.05, 0.1) is 13.1 Å². The van der Waals surface area contributed by atoms with E-state index < -0.39 is 13.1 Å². The number of amidine groups is 1. The SMILES string of the molecule is Cl.Cl.N=C(c1cccc(N)c1)N1CC(Oc2ccc3c(c2C(=O)O)OB(O)CC3)C1. The standard InChI is InChI=1S/C19H20BN3O5.2ClH/c21-13-3-1-2-12(8-13)18(22)23-9-14(10-23)27-15-5-4-11-6-7-20(26)28-17(11)16(15)19(24)25;;/h1-5,8,14,22,26H,6-7,9-10,21H2,(H,24,25);2*1H. The van der Waals surface area contributed by atoms with E-state index in [1.54, 1.807) is 30.3 Å². The van der Waals surface area contributed by atoms with Gasteiger partial charge in [-0.25, -0.2) is 4.79 Å². The van der Waals surface area contributed by atoms with Crippen molar-refractivity contribution in [1.29, 1.82) is 5.41 Å². The van der Waals surface area contributed by atoms with Crippen LogP contribution in [0.3, 0.4) is 0 Å². The molecule has 0 unspecified atom stereocenters. The van der Waals surface area contributed by atoms with Gasteiger partial charge in [-0.2, -0.15) is 0 Å². The Labute approximate surface area is 186 Å². The van der Waals surface area contributed by atoms with E-state index in [1.165, 1.54) is 0 Å². The summed E-state index contributed by atoms with van der Waals surface area (Å²) >= 11 is 0. The van der Waals surface area contributed by atoms with Crippen LogP contribution in [-0.2, 0) is 6.42 Å². The summed E-state index contributed by atoms with van der Waals surface area (Å²) in [5.41, 5.74) is 7.76. The molecule has 0 bridgehead atoms. The molecule has 4 rings (SSSR count). The molecule has 0 amide bonds. The van der Waals surface area contributed by atoms with Crippen molar-refractivity contribution in [3.05, 3.63) is 53.1 Å². The lowest BCUT2D eigenvalue weighted by atomic mass is 9.78. The normalized spacial score (nSPS) is 15.0. The molecule has 0 aliphatic carbocycles. The fourth-order valence-electron chi connectivity index (χ4n) is 3.46. The number of ether oxygens (including phenoxy) is 1. The molecule has 0 saturated carbocycles. The monoisotopic (exact) mass is 453 g/mol. The average Bonchev–Trinajstić information content (AvgIpc) is 2.63. The summed E-state index contributed by atoms with van der Waals surface area (Å²) in [5, 5.41) is 27.6. The quantitative estimate of drug-likeness (QED) is 0.242. The number of hydrogen-bond acceptors (Lipinski definition) is 6.